The monoisotopic (exact) mass is 276 g/mol. The fourth-order valence-electron chi connectivity index (χ4n) is 2.77. The maximum Gasteiger partial charge on any atom is 0.236 e. The van der Waals surface area contributed by atoms with E-state index in [0.717, 1.165) is 18.7 Å². The van der Waals surface area contributed by atoms with Gasteiger partial charge in [-0.2, -0.15) is 0 Å². The lowest BCUT2D eigenvalue weighted by Gasteiger charge is -2.21. The van der Waals surface area contributed by atoms with Crippen molar-refractivity contribution in [2.45, 2.75) is 13.5 Å². The summed E-state index contributed by atoms with van der Waals surface area (Å²) >= 11 is 0. The van der Waals surface area contributed by atoms with E-state index in [2.05, 4.69) is 11.8 Å². The summed E-state index contributed by atoms with van der Waals surface area (Å²) in [6, 6.07) is 10.0. The number of amides is 1. The van der Waals surface area contributed by atoms with Gasteiger partial charge in [-0.05, 0) is 17.4 Å². The molecule has 0 unspecified atom stereocenters. The van der Waals surface area contributed by atoms with Crippen LogP contribution in [0.1, 0.15) is 12.5 Å². The third-order valence-corrected chi connectivity index (χ3v) is 4.13. The number of rotatable bonds is 5. The first-order chi connectivity index (χ1) is 9.60. The van der Waals surface area contributed by atoms with Crippen molar-refractivity contribution in [3.8, 4) is 0 Å². The van der Waals surface area contributed by atoms with Gasteiger partial charge in [0, 0.05) is 33.3 Å². The van der Waals surface area contributed by atoms with E-state index in [0.29, 0.717) is 24.9 Å². The van der Waals surface area contributed by atoms with Crippen molar-refractivity contribution in [3.05, 3.63) is 35.9 Å². The van der Waals surface area contributed by atoms with Gasteiger partial charge < -0.3 is 10.0 Å². The highest BCUT2D eigenvalue weighted by atomic mass is 16.3. The predicted molar refractivity (Wildman–Crippen MR) is 79.1 cm³/mol. The second-order valence-corrected chi connectivity index (χ2v) is 5.85. The van der Waals surface area contributed by atoms with Crippen molar-refractivity contribution >= 4 is 5.91 Å². The summed E-state index contributed by atoms with van der Waals surface area (Å²) in [5.41, 5.74) is 1.14. The summed E-state index contributed by atoms with van der Waals surface area (Å²) in [6.07, 6.45) is 0. The normalized spacial score (nSPS) is 22.9. The molecular weight excluding hydrogens is 252 g/mol. The lowest BCUT2D eigenvalue weighted by Crippen LogP contribution is -2.37. The molecule has 1 aliphatic rings. The number of carbonyl (C=O) groups is 1. The maximum atomic E-state index is 12.2. The number of hydrogen-bond acceptors (Lipinski definition) is 3. The van der Waals surface area contributed by atoms with Gasteiger partial charge in [-0.1, -0.05) is 37.3 Å². The number of likely N-dealkylation sites (N-methyl/N-ethyl adjacent to an activating group) is 1. The van der Waals surface area contributed by atoms with Crippen LogP contribution in [-0.4, -0.2) is 54.1 Å². The van der Waals surface area contributed by atoms with Crippen LogP contribution in [0.3, 0.4) is 0 Å². The van der Waals surface area contributed by atoms with E-state index >= 15 is 0 Å². The highest BCUT2D eigenvalue weighted by molar-refractivity contribution is 5.78. The molecule has 0 spiro atoms. The first-order valence-electron chi connectivity index (χ1n) is 7.21. The number of nitrogens with zero attached hydrogens (tertiary/aromatic N) is 2. The van der Waals surface area contributed by atoms with E-state index in [1.165, 1.54) is 0 Å². The number of aliphatic hydroxyl groups excluding tert-OH is 1. The molecule has 0 saturated carbocycles. The summed E-state index contributed by atoms with van der Waals surface area (Å²) in [6.45, 7) is 5.17. The van der Waals surface area contributed by atoms with Gasteiger partial charge in [0.05, 0.1) is 6.54 Å². The molecule has 1 aromatic rings. The molecule has 110 valence electrons. The Morgan fingerprint density at radius 3 is 2.65 bits per heavy atom. The van der Waals surface area contributed by atoms with Gasteiger partial charge in [0.25, 0.3) is 0 Å². The first kappa shape index (κ1) is 15.0. The molecule has 4 heteroatoms. The van der Waals surface area contributed by atoms with Crippen LogP contribution in [0, 0.1) is 11.8 Å². The summed E-state index contributed by atoms with van der Waals surface area (Å²) in [4.78, 5) is 16.1. The minimum absolute atomic E-state index is 0.139. The fraction of sp³-hybridized carbons (Fsp3) is 0.562. The zero-order valence-electron chi connectivity index (χ0n) is 12.3. The van der Waals surface area contributed by atoms with Gasteiger partial charge >= 0.3 is 0 Å². The SMILES string of the molecule is C[C@@H]1CN(CC(=O)N(C)Cc2ccccc2)C[C@H]1CO. The van der Waals surface area contributed by atoms with Crippen LogP contribution < -0.4 is 0 Å². The Morgan fingerprint density at radius 2 is 2.05 bits per heavy atom. The second-order valence-electron chi connectivity index (χ2n) is 5.85. The molecule has 2 atom stereocenters. The van der Waals surface area contributed by atoms with Crippen LogP contribution in [0.2, 0.25) is 0 Å². The molecule has 0 aliphatic carbocycles. The van der Waals surface area contributed by atoms with Gasteiger partial charge in [-0.15, -0.1) is 0 Å². The van der Waals surface area contributed by atoms with Crippen molar-refractivity contribution in [1.29, 1.82) is 0 Å². The summed E-state index contributed by atoms with van der Waals surface area (Å²) < 4.78 is 0. The van der Waals surface area contributed by atoms with Crippen molar-refractivity contribution in [2.75, 3.05) is 33.3 Å². The summed E-state index contributed by atoms with van der Waals surface area (Å²) in [7, 11) is 1.85. The van der Waals surface area contributed by atoms with Crippen LogP contribution in [-0.2, 0) is 11.3 Å². The molecule has 1 aliphatic heterocycles. The summed E-state index contributed by atoms with van der Waals surface area (Å²) in [5, 5.41) is 9.27. The number of hydrogen-bond donors (Lipinski definition) is 1. The van der Waals surface area contributed by atoms with Crippen LogP contribution in [0.5, 0.6) is 0 Å². The van der Waals surface area contributed by atoms with Crippen molar-refractivity contribution in [3.63, 3.8) is 0 Å². The van der Waals surface area contributed by atoms with Gasteiger partial charge in [0.2, 0.25) is 5.91 Å². The number of aliphatic hydroxyl groups is 1. The van der Waals surface area contributed by atoms with E-state index < -0.39 is 0 Å². The molecule has 4 nitrogen and oxygen atoms in total. The van der Waals surface area contributed by atoms with Gasteiger partial charge in [0.1, 0.15) is 0 Å². The molecule has 0 radical (unpaired) electrons. The largest absolute Gasteiger partial charge is 0.396 e. The van der Waals surface area contributed by atoms with E-state index in [-0.39, 0.29) is 12.5 Å². The zero-order chi connectivity index (χ0) is 14.5. The zero-order valence-corrected chi connectivity index (χ0v) is 12.3. The highest BCUT2D eigenvalue weighted by Gasteiger charge is 2.30. The van der Waals surface area contributed by atoms with E-state index in [4.69, 9.17) is 0 Å². The van der Waals surface area contributed by atoms with Crippen LogP contribution in [0.15, 0.2) is 30.3 Å². The summed E-state index contributed by atoms with van der Waals surface area (Å²) in [5.74, 6) is 0.911. The molecule has 0 bridgehead atoms. The Labute approximate surface area is 121 Å². The van der Waals surface area contributed by atoms with Gasteiger partial charge in [-0.25, -0.2) is 0 Å². The third kappa shape index (κ3) is 3.81. The fourth-order valence-corrected chi connectivity index (χ4v) is 2.77. The molecule has 1 saturated heterocycles. The Hall–Kier alpha value is -1.39. The standard InChI is InChI=1S/C16H24N2O2/c1-13-8-18(10-15(13)12-19)11-16(20)17(2)9-14-6-4-3-5-7-14/h3-7,13,15,19H,8-12H2,1-2H3/t13-,15+/m1/s1. The highest BCUT2D eigenvalue weighted by Crippen LogP contribution is 2.22. The number of likely N-dealkylation sites (tertiary alicyclic amines) is 1. The second kappa shape index (κ2) is 6.86. The Kier molecular flexibility index (Phi) is 5.15. The molecule has 1 heterocycles. The number of carbonyl (C=O) groups excluding carboxylic acids is 1. The Balaban J connectivity index is 1.83. The molecule has 1 aromatic carbocycles. The smallest absolute Gasteiger partial charge is 0.236 e. The Bertz CT molecular complexity index is 435. The van der Waals surface area contributed by atoms with E-state index in [1.54, 1.807) is 4.90 Å². The van der Waals surface area contributed by atoms with Gasteiger partial charge in [-0.3, -0.25) is 9.69 Å². The minimum atomic E-state index is 0.139. The van der Waals surface area contributed by atoms with Crippen LogP contribution in [0.25, 0.3) is 0 Å². The third-order valence-electron chi connectivity index (χ3n) is 4.13. The molecule has 1 N–H and O–H groups in total. The molecular formula is C16H24N2O2. The molecule has 1 amide bonds. The first-order valence-corrected chi connectivity index (χ1v) is 7.21. The maximum absolute atomic E-state index is 12.2. The van der Waals surface area contributed by atoms with Crippen LogP contribution >= 0.6 is 0 Å². The molecule has 0 aromatic heterocycles. The van der Waals surface area contributed by atoms with Crippen molar-refractivity contribution < 1.29 is 9.90 Å². The lowest BCUT2D eigenvalue weighted by atomic mass is 10.00. The lowest BCUT2D eigenvalue weighted by molar-refractivity contribution is -0.131. The minimum Gasteiger partial charge on any atom is -0.396 e. The average molecular weight is 276 g/mol. The quantitative estimate of drug-likeness (QED) is 0.879. The molecule has 20 heavy (non-hydrogen) atoms. The van der Waals surface area contributed by atoms with Crippen molar-refractivity contribution in [2.24, 2.45) is 11.8 Å². The number of benzene rings is 1. The topological polar surface area (TPSA) is 43.8 Å². The predicted octanol–water partition coefficient (Wildman–Crippen LogP) is 1.21. The van der Waals surface area contributed by atoms with E-state index in [9.17, 15) is 9.90 Å². The molecule has 2 rings (SSSR count). The average Bonchev–Trinajstić information content (AvgIpc) is 2.79. The van der Waals surface area contributed by atoms with Crippen LogP contribution in [0.4, 0.5) is 0 Å². The van der Waals surface area contributed by atoms with Crippen molar-refractivity contribution in [1.82, 2.24) is 9.80 Å². The van der Waals surface area contributed by atoms with E-state index in [1.807, 2.05) is 37.4 Å². The van der Waals surface area contributed by atoms with Gasteiger partial charge in [0.15, 0.2) is 0 Å². The Morgan fingerprint density at radius 1 is 1.35 bits per heavy atom. The molecule has 1 fully saturated rings.